The van der Waals surface area contributed by atoms with Gasteiger partial charge in [0.25, 0.3) is 0 Å². The third-order valence-electron chi connectivity index (χ3n) is 4.67. The molecule has 0 aromatic heterocycles. The zero-order chi connectivity index (χ0) is 21.0. The van der Waals surface area contributed by atoms with Crippen LogP contribution in [-0.2, 0) is 21.1 Å². The lowest BCUT2D eigenvalue weighted by Gasteiger charge is -2.28. The Labute approximate surface area is 170 Å². The smallest absolute Gasteiger partial charge is 0.231 e. The largest absolute Gasteiger partial charge is 0.497 e. The van der Waals surface area contributed by atoms with Crippen molar-refractivity contribution in [3.05, 3.63) is 59.5 Å². The third kappa shape index (κ3) is 4.71. The summed E-state index contributed by atoms with van der Waals surface area (Å²) in [7, 11) is 1.31. The summed E-state index contributed by atoms with van der Waals surface area (Å²) in [4.78, 5) is 14.7. The second kappa shape index (κ2) is 8.57. The fourth-order valence-corrected chi connectivity index (χ4v) is 4.50. The Kier molecular flexibility index (Phi) is 6.12. The molecule has 0 saturated carbocycles. The minimum atomic E-state index is -3.32. The molecule has 154 valence electrons. The highest BCUT2D eigenvalue weighted by Crippen LogP contribution is 2.29. The SMILES string of the molecule is COc1ccc(N(C(=O)Cc2ccc(OC)c(OC)c2)[C@@H]2C=CS(=O)(=O)C2)cc1. The van der Waals surface area contributed by atoms with Gasteiger partial charge in [-0.3, -0.25) is 4.79 Å². The topological polar surface area (TPSA) is 82.1 Å². The Hall–Kier alpha value is -3.00. The average Bonchev–Trinajstić information content (AvgIpc) is 3.07. The molecule has 0 aliphatic carbocycles. The summed E-state index contributed by atoms with van der Waals surface area (Å²) in [5.74, 6) is 1.37. The van der Waals surface area contributed by atoms with Gasteiger partial charge in [0.05, 0.1) is 39.5 Å². The highest BCUT2D eigenvalue weighted by Gasteiger charge is 2.31. The lowest BCUT2D eigenvalue weighted by molar-refractivity contribution is -0.118. The van der Waals surface area contributed by atoms with Crippen LogP contribution in [-0.4, -0.2) is 47.4 Å². The number of hydrogen-bond acceptors (Lipinski definition) is 6. The van der Waals surface area contributed by atoms with E-state index in [2.05, 4.69) is 0 Å². The van der Waals surface area contributed by atoms with Crippen molar-refractivity contribution < 1.29 is 27.4 Å². The van der Waals surface area contributed by atoms with Gasteiger partial charge in [-0.25, -0.2) is 8.42 Å². The molecule has 0 fully saturated rings. The van der Waals surface area contributed by atoms with Crippen molar-refractivity contribution in [2.75, 3.05) is 32.0 Å². The molecule has 8 heteroatoms. The van der Waals surface area contributed by atoms with Crippen LogP contribution in [0.5, 0.6) is 17.2 Å². The molecule has 0 N–H and O–H groups in total. The summed E-state index contributed by atoms with van der Waals surface area (Å²) in [5.41, 5.74) is 1.33. The molecule has 0 saturated heterocycles. The van der Waals surface area contributed by atoms with Crippen molar-refractivity contribution in [2.45, 2.75) is 12.5 Å². The van der Waals surface area contributed by atoms with Crippen LogP contribution < -0.4 is 19.1 Å². The first-order valence-corrected chi connectivity index (χ1v) is 10.7. The van der Waals surface area contributed by atoms with Gasteiger partial charge >= 0.3 is 0 Å². The van der Waals surface area contributed by atoms with Gasteiger partial charge in [0.1, 0.15) is 5.75 Å². The average molecular weight is 417 g/mol. The van der Waals surface area contributed by atoms with Crippen molar-refractivity contribution in [1.29, 1.82) is 0 Å². The van der Waals surface area contributed by atoms with Crippen molar-refractivity contribution in [2.24, 2.45) is 0 Å². The first kappa shape index (κ1) is 20.7. The van der Waals surface area contributed by atoms with E-state index < -0.39 is 15.9 Å². The second-order valence-corrected chi connectivity index (χ2v) is 8.48. The summed E-state index contributed by atoms with van der Waals surface area (Å²) in [6.45, 7) is 0. The molecule has 0 spiro atoms. The quantitative estimate of drug-likeness (QED) is 0.689. The highest BCUT2D eigenvalue weighted by atomic mass is 32.2. The van der Waals surface area contributed by atoms with Gasteiger partial charge in [0.15, 0.2) is 21.3 Å². The fourth-order valence-electron chi connectivity index (χ4n) is 3.23. The number of rotatable bonds is 7. The molecule has 0 radical (unpaired) electrons. The number of anilines is 1. The predicted octanol–water partition coefficient (Wildman–Crippen LogP) is 2.60. The molecule has 1 aliphatic rings. The Morgan fingerprint density at radius 3 is 2.24 bits per heavy atom. The Morgan fingerprint density at radius 2 is 1.69 bits per heavy atom. The summed E-state index contributed by atoms with van der Waals surface area (Å²) in [6, 6.07) is 11.6. The standard InChI is InChI=1S/C21H23NO6S/c1-26-18-7-5-16(6-8-18)22(17-10-11-29(24,25)14-17)21(23)13-15-4-9-19(27-2)20(12-15)28-3/h4-12,17H,13-14H2,1-3H3/t17-/m1/s1. The van der Waals surface area contributed by atoms with Gasteiger partial charge < -0.3 is 19.1 Å². The lowest BCUT2D eigenvalue weighted by atomic mass is 10.1. The molecule has 29 heavy (non-hydrogen) atoms. The number of carbonyl (C=O) groups is 1. The van der Waals surface area contributed by atoms with E-state index in [1.165, 1.54) is 12.0 Å². The molecule has 1 atom stereocenters. The minimum Gasteiger partial charge on any atom is -0.497 e. The van der Waals surface area contributed by atoms with Gasteiger partial charge in [-0.15, -0.1) is 0 Å². The predicted molar refractivity (Wildman–Crippen MR) is 110 cm³/mol. The maximum atomic E-state index is 13.2. The van der Waals surface area contributed by atoms with E-state index in [0.29, 0.717) is 22.9 Å². The van der Waals surface area contributed by atoms with Gasteiger partial charge in [0.2, 0.25) is 5.91 Å². The number of benzene rings is 2. The minimum absolute atomic E-state index is 0.0801. The highest BCUT2D eigenvalue weighted by molar-refractivity contribution is 7.94. The first-order chi connectivity index (χ1) is 13.9. The molecular formula is C21H23NO6S. The number of sulfone groups is 1. The van der Waals surface area contributed by atoms with Crippen molar-refractivity contribution in [3.63, 3.8) is 0 Å². The summed E-state index contributed by atoms with van der Waals surface area (Å²) < 4.78 is 39.6. The number of carbonyl (C=O) groups excluding carboxylic acids is 1. The Morgan fingerprint density at radius 1 is 1.00 bits per heavy atom. The molecule has 3 rings (SSSR count). The van der Waals surface area contributed by atoms with Crippen LogP contribution in [0.3, 0.4) is 0 Å². The number of methoxy groups -OCH3 is 3. The Bertz CT molecular complexity index is 1010. The summed E-state index contributed by atoms with van der Waals surface area (Å²) in [5, 5.41) is 1.16. The van der Waals surface area contributed by atoms with E-state index in [1.807, 2.05) is 0 Å². The molecule has 1 heterocycles. The molecule has 0 bridgehead atoms. The zero-order valence-electron chi connectivity index (χ0n) is 16.5. The maximum absolute atomic E-state index is 13.2. The van der Waals surface area contributed by atoms with Crippen molar-refractivity contribution in [1.82, 2.24) is 0 Å². The van der Waals surface area contributed by atoms with Crippen LogP contribution >= 0.6 is 0 Å². The van der Waals surface area contributed by atoms with Crippen LogP contribution in [0.4, 0.5) is 5.69 Å². The number of amides is 1. The van der Waals surface area contributed by atoms with E-state index >= 15 is 0 Å². The van der Waals surface area contributed by atoms with Crippen LogP contribution in [0.1, 0.15) is 5.56 Å². The van der Waals surface area contributed by atoms with E-state index in [1.54, 1.807) is 62.8 Å². The molecule has 1 aliphatic heterocycles. The van der Waals surface area contributed by atoms with Gasteiger partial charge in [-0.05, 0) is 48.0 Å². The van der Waals surface area contributed by atoms with E-state index in [-0.39, 0.29) is 18.1 Å². The van der Waals surface area contributed by atoms with Crippen molar-refractivity contribution in [3.8, 4) is 17.2 Å². The molecule has 7 nitrogen and oxygen atoms in total. The molecule has 2 aromatic rings. The Balaban J connectivity index is 1.91. The van der Waals surface area contributed by atoms with Crippen molar-refractivity contribution >= 4 is 21.4 Å². The summed E-state index contributed by atoms with van der Waals surface area (Å²) in [6.07, 6.45) is 1.63. The third-order valence-corrected chi connectivity index (χ3v) is 6.04. The molecular weight excluding hydrogens is 394 g/mol. The van der Waals surface area contributed by atoms with Gasteiger partial charge in [0, 0.05) is 11.1 Å². The van der Waals surface area contributed by atoms with E-state index in [9.17, 15) is 13.2 Å². The normalized spacial score (nSPS) is 17.0. The molecule has 0 unspecified atom stereocenters. The van der Waals surface area contributed by atoms with E-state index in [4.69, 9.17) is 14.2 Å². The number of ether oxygens (including phenoxy) is 3. The summed E-state index contributed by atoms with van der Waals surface area (Å²) >= 11 is 0. The molecule has 1 amide bonds. The first-order valence-electron chi connectivity index (χ1n) is 8.95. The van der Waals surface area contributed by atoms with Crippen LogP contribution in [0.2, 0.25) is 0 Å². The number of hydrogen-bond donors (Lipinski definition) is 0. The van der Waals surface area contributed by atoms with E-state index in [0.717, 1.165) is 11.0 Å². The van der Waals surface area contributed by atoms with Gasteiger partial charge in [-0.2, -0.15) is 0 Å². The van der Waals surface area contributed by atoms with Crippen LogP contribution in [0, 0.1) is 0 Å². The number of nitrogens with zero attached hydrogens (tertiary/aromatic N) is 1. The van der Waals surface area contributed by atoms with Gasteiger partial charge in [-0.1, -0.05) is 6.07 Å². The lowest BCUT2D eigenvalue weighted by Crippen LogP contribution is -2.42. The molecule has 2 aromatic carbocycles. The van der Waals surface area contributed by atoms with Crippen LogP contribution in [0.15, 0.2) is 53.9 Å². The van der Waals surface area contributed by atoms with Crippen LogP contribution in [0.25, 0.3) is 0 Å². The fraction of sp³-hybridized carbons (Fsp3) is 0.286. The zero-order valence-corrected chi connectivity index (χ0v) is 17.3. The maximum Gasteiger partial charge on any atom is 0.231 e. The monoisotopic (exact) mass is 417 g/mol. The second-order valence-electron chi connectivity index (χ2n) is 6.55.